The Labute approximate surface area is 103 Å². The van der Waals surface area contributed by atoms with E-state index in [1.54, 1.807) is 0 Å². The van der Waals surface area contributed by atoms with Crippen LogP contribution in [0.25, 0.3) is 0 Å². The fourth-order valence-corrected chi connectivity index (χ4v) is 4.05. The largest absolute Gasteiger partial charge is 0.378 e. The average Bonchev–Trinajstić information content (AvgIpc) is 2.82. The van der Waals surface area contributed by atoms with Crippen LogP contribution in [0.5, 0.6) is 0 Å². The molecule has 2 saturated carbocycles. The zero-order chi connectivity index (χ0) is 11.7. The van der Waals surface area contributed by atoms with E-state index in [2.05, 4.69) is 5.32 Å². The van der Waals surface area contributed by atoms with E-state index in [1.165, 1.54) is 25.7 Å². The number of Topliss-reactive ketones (excluding diaryl/α,β-unsaturated/α-hetero) is 1. The number of morpholine rings is 1. The summed E-state index contributed by atoms with van der Waals surface area (Å²) in [4.78, 5) is 12.1. The molecule has 1 spiro atoms. The number of carbonyl (C=O) groups is 1. The Bertz CT molecular complexity index is 291. The molecule has 0 aromatic heterocycles. The Hall–Kier alpha value is -0.410. The van der Waals surface area contributed by atoms with Crippen LogP contribution in [-0.2, 0) is 9.53 Å². The van der Waals surface area contributed by atoms with Crippen molar-refractivity contribution >= 4 is 5.78 Å². The molecule has 3 aliphatic rings. The molecule has 0 aromatic carbocycles. The van der Waals surface area contributed by atoms with E-state index in [0.717, 1.165) is 39.0 Å². The van der Waals surface area contributed by atoms with Crippen molar-refractivity contribution in [3.63, 3.8) is 0 Å². The van der Waals surface area contributed by atoms with Crippen LogP contribution >= 0.6 is 0 Å². The summed E-state index contributed by atoms with van der Waals surface area (Å²) in [5.74, 6) is 0.702. The topological polar surface area (TPSA) is 38.3 Å². The third-order valence-electron chi connectivity index (χ3n) is 5.07. The summed E-state index contributed by atoms with van der Waals surface area (Å²) in [7, 11) is 0. The molecule has 96 valence electrons. The van der Waals surface area contributed by atoms with Gasteiger partial charge < -0.3 is 10.1 Å². The monoisotopic (exact) mass is 237 g/mol. The van der Waals surface area contributed by atoms with Gasteiger partial charge in [-0.25, -0.2) is 0 Å². The van der Waals surface area contributed by atoms with Gasteiger partial charge in [-0.2, -0.15) is 0 Å². The molecular formula is C14H23NO2. The van der Waals surface area contributed by atoms with Crippen LogP contribution in [-0.4, -0.2) is 31.6 Å². The van der Waals surface area contributed by atoms with Crippen molar-refractivity contribution in [2.45, 2.75) is 51.0 Å². The summed E-state index contributed by atoms with van der Waals surface area (Å²) in [5, 5.41) is 3.48. The number of carbonyl (C=O) groups excluding carboxylic acids is 1. The van der Waals surface area contributed by atoms with Gasteiger partial charge in [0.2, 0.25) is 0 Å². The SMILES string of the molecule is O=C1CCC2(CCCC2)CC1C1COCCN1. The molecule has 0 aromatic rings. The van der Waals surface area contributed by atoms with Crippen LogP contribution in [0.4, 0.5) is 0 Å². The first-order valence-corrected chi connectivity index (χ1v) is 7.13. The highest BCUT2D eigenvalue weighted by atomic mass is 16.5. The summed E-state index contributed by atoms with van der Waals surface area (Å²) in [5.41, 5.74) is 0.512. The van der Waals surface area contributed by atoms with Crippen LogP contribution < -0.4 is 5.32 Å². The van der Waals surface area contributed by atoms with Crippen molar-refractivity contribution in [2.24, 2.45) is 11.3 Å². The van der Waals surface area contributed by atoms with Gasteiger partial charge in [-0.1, -0.05) is 12.8 Å². The molecule has 1 heterocycles. The highest BCUT2D eigenvalue weighted by Gasteiger charge is 2.44. The molecule has 0 amide bonds. The minimum atomic E-state index is 0.224. The molecule has 2 unspecified atom stereocenters. The van der Waals surface area contributed by atoms with Crippen molar-refractivity contribution in [1.29, 1.82) is 0 Å². The maximum atomic E-state index is 12.1. The average molecular weight is 237 g/mol. The summed E-state index contributed by atoms with van der Waals surface area (Å²) in [6.45, 7) is 2.43. The van der Waals surface area contributed by atoms with Crippen molar-refractivity contribution in [1.82, 2.24) is 5.32 Å². The minimum Gasteiger partial charge on any atom is -0.378 e. The normalized spacial score (nSPS) is 37.5. The van der Waals surface area contributed by atoms with Gasteiger partial charge in [-0.3, -0.25) is 4.79 Å². The van der Waals surface area contributed by atoms with E-state index in [1.807, 2.05) is 0 Å². The predicted octanol–water partition coefficient (Wildman–Crippen LogP) is 1.90. The van der Waals surface area contributed by atoms with E-state index in [0.29, 0.717) is 11.2 Å². The zero-order valence-electron chi connectivity index (χ0n) is 10.5. The molecule has 17 heavy (non-hydrogen) atoms. The van der Waals surface area contributed by atoms with Gasteiger partial charge in [0.05, 0.1) is 13.2 Å². The lowest BCUT2D eigenvalue weighted by Gasteiger charge is -2.41. The van der Waals surface area contributed by atoms with Crippen molar-refractivity contribution < 1.29 is 9.53 Å². The molecule has 2 aliphatic carbocycles. The molecule has 3 fully saturated rings. The van der Waals surface area contributed by atoms with Gasteiger partial charge in [-0.05, 0) is 31.1 Å². The highest BCUT2D eigenvalue weighted by molar-refractivity contribution is 5.82. The predicted molar refractivity (Wildman–Crippen MR) is 65.9 cm³/mol. The maximum absolute atomic E-state index is 12.1. The Morgan fingerprint density at radius 3 is 2.76 bits per heavy atom. The quantitative estimate of drug-likeness (QED) is 0.757. The molecule has 0 bridgehead atoms. The van der Waals surface area contributed by atoms with Crippen molar-refractivity contribution in [3.05, 3.63) is 0 Å². The van der Waals surface area contributed by atoms with Gasteiger partial charge in [0.15, 0.2) is 0 Å². The standard InChI is InChI=1S/C14H23NO2/c16-13-3-6-14(4-1-2-5-14)9-11(13)12-10-17-8-7-15-12/h11-12,15H,1-10H2. The summed E-state index contributed by atoms with van der Waals surface area (Å²) < 4.78 is 5.52. The smallest absolute Gasteiger partial charge is 0.137 e. The number of hydrogen-bond donors (Lipinski definition) is 1. The first-order valence-electron chi connectivity index (χ1n) is 7.13. The van der Waals surface area contributed by atoms with E-state index in [9.17, 15) is 4.79 Å². The summed E-state index contributed by atoms with van der Waals surface area (Å²) in [6, 6.07) is 0.286. The number of ketones is 1. The number of rotatable bonds is 1. The minimum absolute atomic E-state index is 0.224. The fraction of sp³-hybridized carbons (Fsp3) is 0.929. The molecule has 0 radical (unpaired) electrons. The molecule has 1 saturated heterocycles. The number of hydrogen-bond acceptors (Lipinski definition) is 3. The second kappa shape index (κ2) is 4.69. The Morgan fingerprint density at radius 2 is 2.06 bits per heavy atom. The zero-order valence-corrected chi connectivity index (χ0v) is 10.5. The number of ether oxygens (including phenoxy) is 1. The van der Waals surface area contributed by atoms with E-state index in [4.69, 9.17) is 4.74 Å². The van der Waals surface area contributed by atoms with Gasteiger partial charge in [-0.15, -0.1) is 0 Å². The van der Waals surface area contributed by atoms with E-state index >= 15 is 0 Å². The first kappa shape index (κ1) is 11.7. The van der Waals surface area contributed by atoms with Crippen LogP contribution in [0.1, 0.15) is 44.9 Å². The van der Waals surface area contributed by atoms with Crippen molar-refractivity contribution in [3.8, 4) is 0 Å². The Morgan fingerprint density at radius 1 is 1.24 bits per heavy atom. The van der Waals surface area contributed by atoms with Crippen molar-refractivity contribution in [2.75, 3.05) is 19.8 Å². The number of nitrogens with one attached hydrogen (secondary N) is 1. The molecule has 1 N–H and O–H groups in total. The Balaban J connectivity index is 1.70. The second-order valence-electron chi connectivity index (χ2n) is 6.12. The van der Waals surface area contributed by atoms with Gasteiger partial charge in [0.25, 0.3) is 0 Å². The summed E-state index contributed by atoms with van der Waals surface area (Å²) >= 11 is 0. The molecule has 3 heteroatoms. The van der Waals surface area contributed by atoms with Gasteiger partial charge >= 0.3 is 0 Å². The fourth-order valence-electron chi connectivity index (χ4n) is 4.05. The first-order chi connectivity index (χ1) is 8.29. The van der Waals surface area contributed by atoms with Gasteiger partial charge in [0.1, 0.15) is 5.78 Å². The van der Waals surface area contributed by atoms with E-state index in [-0.39, 0.29) is 12.0 Å². The van der Waals surface area contributed by atoms with Crippen LogP contribution in [0.3, 0.4) is 0 Å². The molecule has 3 rings (SSSR count). The molecular weight excluding hydrogens is 214 g/mol. The second-order valence-corrected chi connectivity index (χ2v) is 6.12. The lowest BCUT2D eigenvalue weighted by molar-refractivity contribution is -0.130. The molecule has 2 atom stereocenters. The maximum Gasteiger partial charge on any atom is 0.137 e. The summed E-state index contributed by atoms with van der Waals surface area (Å²) in [6.07, 6.45) is 8.52. The third-order valence-corrected chi connectivity index (χ3v) is 5.07. The lowest BCUT2D eigenvalue weighted by Crippen LogP contribution is -2.51. The molecule has 1 aliphatic heterocycles. The van der Waals surface area contributed by atoms with Crippen LogP contribution in [0.15, 0.2) is 0 Å². The third kappa shape index (κ3) is 2.27. The van der Waals surface area contributed by atoms with Gasteiger partial charge in [0, 0.05) is 24.9 Å². The highest BCUT2D eigenvalue weighted by Crippen LogP contribution is 2.50. The van der Waals surface area contributed by atoms with Crippen LogP contribution in [0.2, 0.25) is 0 Å². The Kier molecular flexibility index (Phi) is 3.22. The lowest BCUT2D eigenvalue weighted by atomic mass is 9.66. The van der Waals surface area contributed by atoms with E-state index < -0.39 is 0 Å². The molecule has 3 nitrogen and oxygen atoms in total. The van der Waals surface area contributed by atoms with Crippen LogP contribution in [0, 0.1) is 11.3 Å².